The third-order valence-electron chi connectivity index (χ3n) is 3.04. The smallest absolute Gasteiger partial charge is 0.0319 e. The summed E-state index contributed by atoms with van der Waals surface area (Å²) >= 11 is 3.46. The molecule has 1 unspecified atom stereocenters. The fourth-order valence-corrected chi connectivity index (χ4v) is 2.35. The van der Waals surface area contributed by atoms with Gasteiger partial charge in [-0.3, -0.25) is 4.90 Å². The molecule has 1 aliphatic rings. The monoisotopic (exact) mass is 289 g/mol. The summed E-state index contributed by atoms with van der Waals surface area (Å²) in [6, 6.07) is 9.26. The van der Waals surface area contributed by atoms with Gasteiger partial charge in [-0.05, 0) is 50.6 Å². The first-order chi connectivity index (χ1) is 6.77. The number of benzene rings is 1. The molecule has 1 aromatic rings. The van der Waals surface area contributed by atoms with Crippen LogP contribution in [-0.4, -0.2) is 18.0 Å². The Labute approximate surface area is 106 Å². The van der Waals surface area contributed by atoms with Gasteiger partial charge < -0.3 is 0 Å². The van der Waals surface area contributed by atoms with Crippen molar-refractivity contribution in [2.24, 2.45) is 0 Å². The van der Waals surface area contributed by atoms with Gasteiger partial charge >= 0.3 is 0 Å². The van der Waals surface area contributed by atoms with Crippen LogP contribution in [0.1, 0.15) is 31.4 Å². The molecule has 0 amide bonds. The lowest BCUT2D eigenvalue weighted by Gasteiger charge is -2.24. The van der Waals surface area contributed by atoms with Crippen LogP contribution in [0, 0.1) is 0 Å². The van der Waals surface area contributed by atoms with E-state index in [-0.39, 0.29) is 12.4 Å². The molecule has 15 heavy (non-hydrogen) atoms. The number of hydrogen-bond acceptors (Lipinski definition) is 1. The van der Waals surface area contributed by atoms with Crippen molar-refractivity contribution in [3.05, 3.63) is 34.3 Å². The highest BCUT2D eigenvalue weighted by Crippen LogP contribution is 2.25. The maximum atomic E-state index is 3.46. The van der Waals surface area contributed by atoms with Crippen molar-refractivity contribution in [1.29, 1.82) is 0 Å². The van der Waals surface area contributed by atoms with Crippen molar-refractivity contribution in [2.45, 2.75) is 25.8 Å². The molecule has 1 heterocycles. The van der Waals surface area contributed by atoms with Crippen molar-refractivity contribution in [1.82, 2.24) is 4.90 Å². The molecule has 0 aromatic heterocycles. The van der Waals surface area contributed by atoms with Crippen LogP contribution < -0.4 is 0 Å². The average Bonchev–Trinajstić information content (AvgIpc) is 2.71. The molecular weight excluding hydrogens is 273 g/mol. The minimum Gasteiger partial charge on any atom is -0.297 e. The van der Waals surface area contributed by atoms with Crippen LogP contribution in [0.2, 0.25) is 0 Å². The predicted octanol–water partition coefficient (Wildman–Crippen LogP) is 4.03. The van der Waals surface area contributed by atoms with E-state index in [1.54, 1.807) is 0 Å². The van der Waals surface area contributed by atoms with Crippen LogP contribution in [0.3, 0.4) is 0 Å². The first kappa shape index (κ1) is 13.0. The summed E-state index contributed by atoms with van der Waals surface area (Å²) in [6.45, 7) is 4.82. The zero-order chi connectivity index (χ0) is 9.97. The van der Waals surface area contributed by atoms with E-state index >= 15 is 0 Å². The van der Waals surface area contributed by atoms with Gasteiger partial charge in [-0.25, -0.2) is 0 Å². The van der Waals surface area contributed by atoms with Gasteiger partial charge in [-0.15, -0.1) is 12.4 Å². The highest BCUT2D eigenvalue weighted by atomic mass is 79.9. The summed E-state index contributed by atoms with van der Waals surface area (Å²) in [5.41, 5.74) is 1.43. The van der Waals surface area contributed by atoms with E-state index in [0.717, 1.165) is 4.47 Å². The maximum absolute atomic E-state index is 3.46. The lowest BCUT2D eigenvalue weighted by Crippen LogP contribution is -2.23. The zero-order valence-electron chi connectivity index (χ0n) is 8.95. The van der Waals surface area contributed by atoms with Crippen molar-refractivity contribution in [2.75, 3.05) is 13.1 Å². The summed E-state index contributed by atoms with van der Waals surface area (Å²) < 4.78 is 1.16. The summed E-state index contributed by atoms with van der Waals surface area (Å²) in [6.07, 6.45) is 2.72. The molecule has 0 spiro atoms. The molecule has 1 aliphatic heterocycles. The fraction of sp³-hybridized carbons (Fsp3) is 0.500. The van der Waals surface area contributed by atoms with E-state index in [9.17, 15) is 0 Å². The first-order valence-electron chi connectivity index (χ1n) is 5.27. The third kappa shape index (κ3) is 3.20. The van der Waals surface area contributed by atoms with Crippen molar-refractivity contribution >= 4 is 28.3 Å². The van der Waals surface area contributed by atoms with Gasteiger partial charge in [0.2, 0.25) is 0 Å². The van der Waals surface area contributed by atoms with Crippen LogP contribution in [0.5, 0.6) is 0 Å². The van der Waals surface area contributed by atoms with Crippen LogP contribution in [0.15, 0.2) is 28.7 Å². The van der Waals surface area contributed by atoms with Crippen molar-refractivity contribution < 1.29 is 0 Å². The molecule has 1 nitrogen and oxygen atoms in total. The Kier molecular flexibility index (Phi) is 5.10. The molecule has 3 heteroatoms. The Morgan fingerprint density at radius 1 is 1.13 bits per heavy atom. The topological polar surface area (TPSA) is 3.24 Å². The summed E-state index contributed by atoms with van der Waals surface area (Å²) in [4.78, 5) is 2.56. The minimum atomic E-state index is 0. The SMILES string of the molecule is CC(c1ccc(Br)cc1)N1CCCC1.Cl. The molecule has 2 rings (SSSR count). The van der Waals surface area contributed by atoms with E-state index in [2.05, 4.69) is 52.0 Å². The molecule has 0 bridgehead atoms. The van der Waals surface area contributed by atoms with Gasteiger partial charge in [0.25, 0.3) is 0 Å². The lowest BCUT2D eigenvalue weighted by molar-refractivity contribution is 0.263. The second-order valence-electron chi connectivity index (χ2n) is 3.97. The van der Waals surface area contributed by atoms with Crippen LogP contribution >= 0.6 is 28.3 Å². The number of halogens is 2. The quantitative estimate of drug-likeness (QED) is 0.795. The van der Waals surface area contributed by atoms with Crippen LogP contribution in [0.25, 0.3) is 0 Å². The molecule has 1 saturated heterocycles. The lowest BCUT2D eigenvalue weighted by atomic mass is 10.1. The molecule has 0 N–H and O–H groups in total. The largest absolute Gasteiger partial charge is 0.297 e. The van der Waals surface area contributed by atoms with E-state index in [4.69, 9.17) is 0 Å². The molecular formula is C12H17BrClN. The van der Waals surface area contributed by atoms with E-state index in [1.807, 2.05) is 0 Å². The predicted molar refractivity (Wildman–Crippen MR) is 70.6 cm³/mol. The van der Waals surface area contributed by atoms with Crippen molar-refractivity contribution in [3.63, 3.8) is 0 Å². The molecule has 1 fully saturated rings. The molecule has 0 aliphatic carbocycles. The van der Waals surface area contributed by atoms with Crippen LogP contribution in [0.4, 0.5) is 0 Å². The van der Waals surface area contributed by atoms with Gasteiger partial charge in [0.15, 0.2) is 0 Å². The van der Waals surface area contributed by atoms with Gasteiger partial charge in [0.05, 0.1) is 0 Å². The summed E-state index contributed by atoms with van der Waals surface area (Å²) in [5.74, 6) is 0. The Bertz CT molecular complexity index is 293. The second-order valence-corrected chi connectivity index (χ2v) is 4.89. The maximum Gasteiger partial charge on any atom is 0.0319 e. The number of rotatable bonds is 2. The van der Waals surface area contributed by atoms with Gasteiger partial charge in [-0.1, -0.05) is 28.1 Å². The number of nitrogens with zero attached hydrogens (tertiary/aromatic N) is 1. The number of hydrogen-bond donors (Lipinski definition) is 0. The summed E-state index contributed by atoms with van der Waals surface area (Å²) in [7, 11) is 0. The number of likely N-dealkylation sites (tertiary alicyclic amines) is 1. The standard InChI is InChI=1S/C12H16BrN.ClH/c1-10(14-8-2-3-9-14)11-4-6-12(13)7-5-11;/h4-7,10H,2-3,8-9H2,1H3;1H. The molecule has 1 aromatic carbocycles. The molecule has 1 atom stereocenters. The van der Waals surface area contributed by atoms with Crippen molar-refractivity contribution in [3.8, 4) is 0 Å². The summed E-state index contributed by atoms with van der Waals surface area (Å²) in [5, 5.41) is 0. The third-order valence-corrected chi connectivity index (χ3v) is 3.57. The Morgan fingerprint density at radius 2 is 1.67 bits per heavy atom. The second kappa shape index (κ2) is 5.88. The average molecular weight is 291 g/mol. The Balaban J connectivity index is 0.00000112. The van der Waals surface area contributed by atoms with E-state index in [0.29, 0.717) is 6.04 Å². The highest BCUT2D eigenvalue weighted by molar-refractivity contribution is 9.10. The Hall–Kier alpha value is -0.0500. The minimum absolute atomic E-state index is 0. The Morgan fingerprint density at radius 3 is 2.20 bits per heavy atom. The van der Waals surface area contributed by atoms with E-state index < -0.39 is 0 Å². The van der Waals surface area contributed by atoms with Gasteiger partial charge in [-0.2, -0.15) is 0 Å². The zero-order valence-corrected chi connectivity index (χ0v) is 11.4. The van der Waals surface area contributed by atoms with Gasteiger partial charge in [0, 0.05) is 10.5 Å². The van der Waals surface area contributed by atoms with Gasteiger partial charge in [0.1, 0.15) is 0 Å². The molecule has 84 valence electrons. The van der Waals surface area contributed by atoms with E-state index in [1.165, 1.54) is 31.5 Å². The highest BCUT2D eigenvalue weighted by Gasteiger charge is 2.18. The normalized spacial score (nSPS) is 18.5. The molecule has 0 radical (unpaired) electrons. The van der Waals surface area contributed by atoms with Crippen LogP contribution in [-0.2, 0) is 0 Å². The fourth-order valence-electron chi connectivity index (χ4n) is 2.08. The first-order valence-corrected chi connectivity index (χ1v) is 6.06. The molecule has 0 saturated carbocycles.